The molecule has 3 amide bonds. The Bertz CT molecular complexity index is 262. The number of likely N-dealkylation sites (tertiary alicyclic amines) is 1. The number of nitrogens with two attached hydrogens (primary N) is 1. The Balaban J connectivity index is 2.41. The molecular formula is C10H20N4O2. The van der Waals surface area contributed by atoms with Crippen molar-refractivity contribution in [2.24, 2.45) is 5.73 Å². The van der Waals surface area contributed by atoms with Gasteiger partial charge < -0.3 is 11.1 Å². The summed E-state index contributed by atoms with van der Waals surface area (Å²) in [6, 6.07) is -0.513. The molecule has 4 N–H and O–H groups in total. The second-order valence-electron chi connectivity index (χ2n) is 4.12. The van der Waals surface area contributed by atoms with Crippen LogP contribution >= 0.6 is 0 Å². The third kappa shape index (κ3) is 3.46. The maximum Gasteiger partial charge on any atom is 0.321 e. The standard InChI is InChI=1S/C10H20N4O2/c1-7(9(15)13-10(16)12-2)14-5-3-8(11)4-6-14/h7-8H,3-6,11H2,1-2H3,(H2,12,13,15,16). The van der Waals surface area contributed by atoms with Crippen LogP contribution in [0.2, 0.25) is 0 Å². The molecule has 6 heteroatoms. The van der Waals surface area contributed by atoms with Crippen molar-refractivity contribution in [3.8, 4) is 0 Å². The van der Waals surface area contributed by atoms with Gasteiger partial charge in [-0.25, -0.2) is 4.79 Å². The Morgan fingerprint density at radius 3 is 2.44 bits per heavy atom. The smallest absolute Gasteiger partial charge is 0.321 e. The van der Waals surface area contributed by atoms with Crippen LogP contribution in [0.15, 0.2) is 0 Å². The zero-order valence-corrected chi connectivity index (χ0v) is 9.82. The van der Waals surface area contributed by atoms with Crippen molar-refractivity contribution in [2.75, 3.05) is 20.1 Å². The summed E-state index contributed by atoms with van der Waals surface area (Å²) in [5.74, 6) is -0.269. The van der Waals surface area contributed by atoms with E-state index in [9.17, 15) is 9.59 Å². The molecule has 0 aromatic carbocycles. The molecule has 1 aliphatic heterocycles. The Labute approximate surface area is 95.5 Å². The predicted octanol–water partition coefficient (Wildman–Crippen LogP) is -0.746. The van der Waals surface area contributed by atoms with Crippen LogP contribution in [0.25, 0.3) is 0 Å². The maximum atomic E-state index is 11.6. The van der Waals surface area contributed by atoms with Crippen LogP contribution in [0, 0.1) is 0 Å². The van der Waals surface area contributed by atoms with Gasteiger partial charge in [0.25, 0.3) is 0 Å². The van der Waals surface area contributed by atoms with Crippen molar-refractivity contribution >= 4 is 11.9 Å². The summed E-state index contributed by atoms with van der Waals surface area (Å²) in [6.45, 7) is 3.42. The van der Waals surface area contributed by atoms with Gasteiger partial charge in [0.1, 0.15) is 0 Å². The number of piperidine rings is 1. The van der Waals surface area contributed by atoms with Crippen molar-refractivity contribution in [1.82, 2.24) is 15.5 Å². The molecule has 1 aliphatic rings. The van der Waals surface area contributed by atoms with Gasteiger partial charge in [-0.05, 0) is 19.8 Å². The normalized spacial score (nSPS) is 20.2. The quantitative estimate of drug-likeness (QED) is 0.580. The molecule has 0 aromatic heterocycles. The highest BCUT2D eigenvalue weighted by Crippen LogP contribution is 2.11. The molecule has 1 rings (SSSR count). The Morgan fingerprint density at radius 2 is 1.94 bits per heavy atom. The molecule has 6 nitrogen and oxygen atoms in total. The van der Waals surface area contributed by atoms with E-state index in [0.29, 0.717) is 0 Å². The van der Waals surface area contributed by atoms with E-state index in [2.05, 4.69) is 10.6 Å². The van der Waals surface area contributed by atoms with Crippen LogP contribution in [-0.4, -0.2) is 49.1 Å². The largest absolute Gasteiger partial charge is 0.341 e. The van der Waals surface area contributed by atoms with Gasteiger partial charge in [-0.3, -0.25) is 15.0 Å². The van der Waals surface area contributed by atoms with Crippen molar-refractivity contribution in [1.29, 1.82) is 0 Å². The van der Waals surface area contributed by atoms with Crippen LogP contribution in [0.3, 0.4) is 0 Å². The van der Waals surface area contributed by atoms with Gasteiger partial charge in [0.15, 0.2) is 0 Å². The second kappa shape index (κ2) is 5.81. The Kier molecular flexibility index (Phi) is 4.70. The minimum atomic E-state index is -0.467. The summed E-state index contributed by atoms with van der Waals surface area (Å²) in [5.41, 5.74) is 5.78. The number of carbonyl (C=O) groups is 2. The van der Waals surface area contributed by atoms with Crippen LogP contribution in [0.1, 0.15) is 19.8 Å². The Morgan fingerprint density at radius 1 is 1.38 bits per heavy atom. The molecule has 0 aromatic rings. The highest BCUT2D eigenvalue weighted by molar-refractivity contribution is 5.96. The first kappa shape index (κ1) is 12.9. The average molecular weight is 228 g/mol. The summed E-state index contributed by atoms with van der Waals surface area (Å²) >= 11 is 0. The molecule has 1 saturated heterocycles. The highest BCUT2D eigenvalue weighted by atomic mass is 16.2. The van der Waals surface area contributed by atoms with Gasteiger partial charge in [-0.2, -0.15) is 0 Å². The molecule has 1 fully saturated rings. The molecule has 0 aliphatic carbocycles. The lowest BCUT2D eigenvalue weighted by atomic mass is 10.0. The summed E-state index contributed by atoms with van der Waals surface area (Å²) < 4.78 is 0. The first-order valence-corrected chi connectivity index (χ1v) is 5.56. The van der Waals surface area contributed by atoms with Gasteiger partial charge in [-0.1, -0.05) is 0 Å². The SMILES string of the molecule is CNC(=O)NC(=O)C(C)N1CCC(N)CC1. The predicted molar refractivity (Wildman–Crippen MR) is 60.8 cm³/mol. The lowest BCUT2D eigenvalue weighted by Crippen LogP contribution is -2.52. The number of imide groups is 1. The zero-order valence-electron chi connectivity index (χ0n) is 9.82. The number of nitrogens with one attached hydrogen (secondary N) is 2. The average Bonchev–Trinajstić information content (AvgIpc) is 2.28. The fraction of sp³-hybridized carbons (Fsp3) is 0.800. The number of hydrogen-bond acceptors (Lipinski definition) is 4. The van der Waals surface area contributed by atoms with Crippen LogP contribution in [0.4, 0.5) is 4.79 Å². The van der Waals surface area contributed by atoms with Gasteiger partial charge >= 0.3 is 6.03 Å². The molecule has 0 bridgehead atoms. The molecule has 0 radical (unpaired) electrons. The summed E-state index contributed by atoms with van der Waals surface area (Å²) in [6.07, 6.45) is 1.80. The first-order valence-electron chi connectivity index (χ1n) is 5.56. The van der Waals surface area contributed by atoms with E-state index in [1.54, 1.807) is 6.92 Å². The number of carbonyl (C=O) groups excluding carboxylic acids is 2. The molecule has 0 spiro atoms. The van der Waals surface area contributed by atoms with Crippen molar-refractivity contribution < 1.29 is 9.59 Å². The summed E-state index contributed by atoms with van der Waals surface area (Å²) in [4.78, 5) is 24.7. The van der Waals surface area contributed by atoms with E-state index in [1.165, 1.54) is 7.05 Å². The van der Waals surface area contributed by atoms with Crippen molar-refractivity contribution in [2.45, 2.75) is 31.8 Å². The van der Waals surface area contributed by atoms with Crippen molar-refractivity contribution in [3.05, 3.63) is 0 Å². The van der Waals surface area contributed by atoms with Crippen LogP contribution in [0.5, 0.6) is 0 Å². The highest BCUT2D eigenvalue weighted by Gasteiger charge is 2.25. The third-order valence-corrected chi connectivity index (χ3v) is 2.97. The second-order valence-corrected chi connectivity index (χ2v) is 4.12. The van der Waals surface area contributed by atoms with E-state index in [0.717, 1.165) is 25.9 Å². The lowest BCUT2D eigenvalue weighted by molar-refractivity contribution is -0.125. The van der Waals surface area contributed by atoms with Crippen LogP contribution in [-0.2, 0) is 4.79 Å². The Hall–Kier alpha value is -1.14. The van der Waals surface area contributed by atoms with Crippen molar-refractivity contribution in [3.63, 3.8) is 0 Å². The molecule has 1 atom stereocenters. The minimum Gasteiger partial charge on any atom is -0.341 e. The number of nitrogens with zero attached hydrogens (tertiary/aromatic N) is 1. The molecule has 1 unspecified atom stereocenters. The molecule has 16 heavy (non-hydrogen) atoms. The van der Waals surface area contributed by atoms with E-state index in [-0.39, 0.29) is 18.0 Å². The van der Waals surface area contributed by atoms with E-state index >= 15 is 0 Å². The molecule has 1 heterocycles. The monoisotopic (exact) mass is 228 g/mol. The molecule has 92 valence electrons. The number of rotatable bonds is 2. The van der Waals surface area contributed by atoms with E-state index < -0.39 is 6.03 Å². The lowest BCUT2D eigenvalue weighted by Gasteiger charge is -2.33. The van der Waals surface area contributed by atoms with Gasteiger partial charge in [0.2, 0.25) is 5.91 Å². The molecule has 0 saturated carbocycles. The van der Waals surface area contributed by atoms with Gasteiger partial charge in [0, 0.05) is 26.2 Å². The third-order valence-electron chi connectivity index (χ3n) is 2.97. The fourth-order valence-electron chi connectivity index (χ4n) is 1.75. The maximum absolute atomic E-state index is 11.6. The number of urea groups is 1. The summed E-state index contributed by atoms with van der Waals surface area (Å²) in [7, 11) is 1.48. The van der Waals surface area contributed by atoms with Crippen LogP contribution < -0.4 is 16.4 Å². The van der Waals surface area contributed by atoms with E-state index in [4.69, 9.17) is 5.73 Å². The van der Waals surface area contributed by atoms with Gasteiger partial charge in [-0.15, -0.1) is 0 Å². The summed E-state index contributed by atoms with van der Waals surface area (Å²) in [5, 5.41) is 4.63. The number of hydrogen-bond donors (Lipinski definition) is 3. The number of amides is 3. The topological polar surface area (TPSA) is 87.5 Å². The zero-order chi connectivity index (χ0) is 12.1. The fourth-order valence-corrected chi connectivity index (χ4v) is 1.75. The van der Waals surface area contributed by atoms with E-state index in [1.807, 2.05) is 4.90 Å². The van der Waals surface area contributed by atoms with Gasteiger partial charge in [0.05, 0.1) is 6.04 Å². The minimum absolute atomic E-state index is 0.241. The first-order chi connectivity index (χ1) is 7.54. The molecular weight excluding hydrogens is 208 g/mol.